The van der Waals surface area contributed by atoms with Crippen molar-refractivity contribution < 1.29 is 12.8 Å². The molecule has 1 aliphatic rings. The lowest BCUT2D eigenvalue weighted by molar-refractivity contribution is 0.446. The summed E-state index contributed by atoms with van der Waals surface area (Å²) in [6.07, 6.45) is 3.50. The van der Waals surface area contributed by atoms with Gasteiger partial charge in [-0.3, -0.25) is 4.98 Å². The molecule has 1 saturated heterocycles. The monoisotopic (exact) mass is 398 g/mol. The molecule has 6 heteroatoms. The highest BCUT2D eigenvalue weighted by atomic mass is 32.2. The van der Waals surface area contributed by atoms with Gasteiger partial charge in [-0.05, 0) is 56.0 Å². The van der Waals surface area contributed by atoms with Crippen LogP contribution in [0.4, 0.5) is 10.1 Å². The molecule has 0 bridgehead atoms. The second-order valence-corrected chi connectivity index (χ2v) is 9.56. The minimum atomic E-state index is -3.78. The van der Waals surface area contributed by atoms with Gasteiger partial charge in [-0.15, -0.1) is 0 Å². The Kier molecular flexibility index (Phi) is 4.83. The number of aromatic nitrogens is 1. The zero-order valence-electron chi connectivity index (χ0n) is 16.0. The number of fused-ring (bicyclic) bond motifs is 1. The Labute approximate surface area is 164 Å². The van der Waals surface area contributed by atoms with E-state index in [0.29, 0.717) is 22.5 Å². The first kappa shape index (κ1) is 18.9. The van der Waals surface area contributed by atoms with Crippen molar-refractivity contribution in [2.24, 2.45) is 5.92 Å². The molecule has 0 aliphatic carbocycles. The molecule has 2 heterocycles. The van der Waals surface area contributed by atoms with E-state index in [0.717, 1.165) is 31.5 Å². The maximum absolute atomic E-state index is 14.1. The van der Waals surface area contributed by atoms with E-state index in [-0.39, 0.29) is 9.79 Å². The number of hydrogen-bond donors (Lipinski definition) is 0. The number of anilines is 1. The van der Waals surface area contributed by atoms with E-state index < -0.39 is 15.7 Å². The number of rotatable bonds is 3. The smallest absolute Gasteiger partial charge is 0.210 e. The molecule has 0 unspecified atom stereocenters. The van der Waals surface area contributed by atoms with Crippen molar-refractivity contribution in [3.8, 4) is 0 Å². The summed E-state index contributed by atoms with van der Waals surface area (Å²) in [6, 6.07) is 11.1. The van der Waals surface area contributed by atoms with E-state index in [1.165, 1.54) is 18.3 Å². The van der Waals surface area contributed by atoms with Crippen molar-refractivity contribution >= 4 is 26.4 Å². The number of piperidine rings is 1. The SMILES string of the molecule is Cc1ccc(S(=O)(=O)c2cnc3ccc(F)cc3c2N2CCC[C@@H](C)C2)cc1. The Hall–Kier alpha value is -2.47. The van der Waals surface area contributed by atoms with Crippen molar-refractivity contribution in [2.45, 2.75) is 36.5 Å². The molecule has 28 heavy (non-hydrogen) atoms. The van der Waals surface area contributed by atoms with Gasteiger partial charge in [0.15, 0.2) is 0 Å². The summed E-state index contributed by atoms with van der Waals surface area (Å²) in [7, 11) is -3.78. The fraction of sp³-hybridized carbons (Fsp3) is 0.318. The minimum absolute atomic E-state index is 0.142. The number of halogens is 1. The first-order valence-electron chi connectivity index (χ1n) is 9.51. The second kappa shape index (κ2) is 7.17. The lowest BCUT2D eigenvalue weighted by atomic mass is 9.99. The Balaban J connectivity index is 1.97. The highest BCUT2D eigenvalue weighted by molar-refractivity contribution is 7.91. The molecule has 2 aromatic carbocycles. The Morgan fingerprint density at radius 3 is 2.61 bits per heavy atom. The molecule has 0 spiro atoms. The Morgan fingerprint density at radius 2 is 1.89 bits per heavy atom. The molecular formula is C22H23FN2O2S. The molecule has 1 aliphatic heterocycles. The third-order valence-corrected chi connectivity index (χ3v) is 7.13. The molecule has 1 fully saturated rings. The van der Waals surface area contributed by atoms with E-state index in [1.807, 2.05) is 6.92 Å². The summed E-state index contributed by atoms with van der Waals surface area (Å²) >= 11 is 0. The molecule has 3 aromatic rings. The fourth-order valence-corrected chi connectivity index (χ4v) is 5.33. The third-order valence-electron chi connectivity index (χ3n) is 5.36. The van der Waals surface area contributed by atoms with Crippen molar-refractivity contribution in [3.63, 3.8) is 0 Å². The number of pyridine rings is 1. The number of sulfone groups is 1. The normalized spacial score (nSPS) is 17.8. The van der Waals surface area contributed by atoms with E-state index >= 15 is 0 Å². The van der Waals surface area contributed by atoms with Crippen LogP contribution in [0.15, 0.2) is 58.5 Å². The van der Waals surface area contributed by atoms with Gasteiger partial charge in [-0.25, -0.2) is 12.8 Å². The Bertz CT molecular complexity index is 1130. The van der Waals surface area contributed by atoms with Gasteiger partial charge in [0.25, 0.3) is 0 Å². The maximum Gasteiger partial charge on any atom is 0.210 e. The van der Waals surface area contributed by atoms with Crippen molar-refractivity contribution in [1.82, 2.24) is 4.98 Å². The minimum Gasteiger partial charge on any atom is -0.370 e. The van der Waals surface area contributed by atoms with Gasteiger partial charge in [0, 0.05) is 24.7 Å². The highest BCUT2D eigenvalue weighted by Crippen LogP contribution is 2.38. The van der Waals surface area contributed by atoms with Crippen LogP contribution in [0.1, 0.15) is 25.3 Å². The quantitative estimate of drug-likeness (QED) is 0.639. The van der Waals surface area contributed by atoms with Crippen LogP contribution in [0.3, 0.4) is 0 Å². The van der Waals surface area contributed by atoms with E-state index in [9.17, 15) is 12.8 Å². The van der Waals surface area contributed by atoms with Crippen molar-refractivity contribution in [1.29, 1.82) is 0 Å². The van der Waals surface area contributed by atoms with Crippen molar-refractivity contribution in [3.05, 3.63) is 60.0 Å². The number of aryl methyl sites for hydroxylation is 1. The van der Waals surface area contributed by atoms with Crippen LogP contribution >= 0.6 is 0 Å². The summed E-state index contributed by atoms with van der Waals surface area (Å²) in [5, 5.41) is 0.544. The van der Waals surface area contributed by atoms with E-state index in [2.05, 4.69) is 16.8 Å². The van der Waals surface area contributed by atoms with Gasteiger partial charge in [0.2, 0.25) is 9.84 Å². The summed E-state index contributed by atoms with van der Waals surface area (Å²) < 4.78 is 41.0. The van der Waals surface area contributed by atoms with Gasteiger partial charge in [-0.2, -0.15) is 0 Å². The zero-order valence-corrected chi connectivity index (χ0v) is 16.8. The molecule has 0 amide bonds. The lowest BCUT2D eigenvalue weighted by Crippen LogP contribution is -2.35. The average Bonchev–Trinajstić information content (AvgIpc) is 2.67. The molecule has 1 atom stereocenters. The first-order valence-corrected chi connectivity index (χ1v) is 11.0. The molecule has 4 nitrogen and oxygen atoms in total. The van der Waals surface area contributed by atoms with Crippen LogP contribution in [0.5, 0.6) is 0 Å². The van der Waals surface area contributed by atoms with Gasteiger partial charge in [0.1, 0.15) is 10.7 Å². The summed E-state index contributed by atoms with van der Waals surface area (Å²) in [5.41, 5.74) is 2.15. The molecule has 4 rings (SSSR count). The fourth-order valence-electron chi connectivity index (χ4n) is 3.89. The molecule has 0 saturated carbocycles. The number of hydrogen-bond acceptors (Lipinski definition) is 4. The average molecular weight is 399 g/mol. The molecule has 1 aromatic heterocycles. The first-order chi connectivity index (χ1) is 13.4. The van der Waals surface area contributed by atoms with Gasteiger partial charge >= 0.3 is 0 Å². The predicted octanol–water partition coefficient (Wildman–Crippen LogP) is 4.75. The molecular weight excluding hydrogens is 375 g/mol. The van der Waals surface area contributed by atoms with Crippen LogP contribution in [-0.4, -0.2) is 26.5 Å². The van der Waals surface area contributed by atoms with Gasteiger partial charge < -0.3 is 4.90 Å². The lowest BCUT2D eigenvalue weighted by Gasteiger charge is -2.34. The van der Waals surface area contributed by atoms with E-state index in [1.54, 1.807) is 30.3 Å². The van der Waals surface area contributed by atoms with Gasteiger partial charge in [0.05, 0.1) is 16.1 Å². The Morgan fingerprint density at radius 1 is 1.14 bits per heavy atom. The van der Waals surface area contributed by atoms with E-state index in [4.69, 9.17) is 0 Å². The zero-order chi connectivity index (χ0) is 19.9. The van der Waals surface area contributed by atoms with Crippen LogP contribution < -0.4 is 4.90 Å². The number of nitrogens with zero attached hydrogens (tertiary/aromatic N) is 2. The molecule has 0 N–H and O–H groups in total. The number of benzene rings is 2. The standard InChI is InChI=1S/C22H23FN2O2S/c1-15-5-8-18(9-6-15)28(26,27)21-13-24-20-10-7-17(23)12-19(20)22(21)25-11-3-4-16(2)14-25/h5-10,12-13,16H,3-4,11,14H2,1-2H3/t16-/m1/s1. The summed E-state index contributed by atoms with van der Waals surface area (Å²) in [4.78, 5) is 6.78. The van der Waals surface area contributed by atoms with Crippen LogP contribution in [0.25, 0.3) is 10.9 Å². The van der Waals surface area contributed by atoms with Crippen LogP contribution in [0.2, 0.25) is 0 Å². The van der Waals surface area contributed by atoms with Crippen molar-refractivity contribution in [2.75, 3.05) is 18.0 Å². The topological polar surface area (TPSA) is 50.3 Å². The largest absolute Gasteiger partial charge is 0.370 e. The van der Waals surface area contributed by atoms with Crippen LogP contribution in [-0.2, 0) is 9.84 Å². The summed E-state index contributed by atoms with van der Waals surface area (Å²) in [5.74, 6) is 0.0472. The second-order valence-electron chi connectivity index (χ2n) is 7.64. The molecule has 0 radical (unpaired) electrons. The predicted molar refractivity (Wildman–Crippen MR) is 109 cm³/mol. The third kappa shape index (κ3) is 3.37. The van der Waals surface area contributed by atoms with Gasteiger partial charge in [-0.1, -0.05) is 24.6 Å². The molecule has 146 valence electrons. The maximum atomic E-state index is 14.1. The highest BCUT2D eigenvalue weighted by Gasteiger charge is 2.29. The van der Waals surface area contributed by atoms with Crippen LogP contribution in [0, 0.1) is 18.7 Å². The summed E-state index contributed by atoms with van der Waals surface area (Å²) in [6.45, 7) is 5.56.